The van der Waals surface area contributed by atoms with E-state index in [9.17, 15) is 8.42 Å². The van der Waals surface area contributed by atoms with Gasteiger partial charge in [-0.3, -0.25) is 4.40 Å². The molecule has 1 aliphatic carbocycles. The van der Waals surface area contributed by atoms with E-state index < -0.39 is 10.0 Å². The normalized spacial score (nSPS) is 24.9. The Labute approximate surface area is 156 Å². The van der Waals surface area contributed by atoms with E-state index in [4.69, 9.17) is 4.74 Å². The largest absolute Gasteiger partial charge is 0.379 e. The van der Waals surface area contributed by atoms with E-state index in [0.29, 0.717) is 26.3 Å². The molecule has 9 nitrogen and oxygen atoms in total. The van der Waals surface area contributed by atoms with Gasteiger partial charge in [0.1, 0.15) is 5.82 Å². The molecule has 3 aromatic rings. The van der Waals surface area contributed by atoms with Crippen molar-refractivity contribution in [2.24, 2.45) is 5.92 Å². The summed E-state index contributed by atoms with van der Waals surface area (Å²) in [6, 6.07) is 1.97. The van der Waals surface area contributed by atoms with E-state index in [-0.39, 0.29) is 17.6 Å². The molecule has 10 heteroatoms. The Morgan fingerprint density at radius 2 is 2.07 bits per heavy atom. The first kappa shape index (κ1) is 17.1. The second-order valence-corrected chi connectivity index (χ2v) is 9.40. The van der Waals surface area contributed by atoms with E-state index in [0.717, 1.165) is 41.9 Å². The summed E-state index contributed by atoms with van der Waals surface area (Å²) in [4.78, 5) is 7.46. The van der Waals surface area contributed by atoms with Crippen LogP contribution in [0.3, 0.4) is 0 Å². The summed E-state index contributed by atoms with van der Waals surface area (Å²) in [6.07, 6.45) is 6.21. The Hall–Kier alpha value is -2.04. The van der Waals surface area contributed by atoms with Gasteiger partial charge in [0, 0.05) is 25.2 Å². The minimum absolute atomic E-state index is 0.152. The smallest absolute Gasteiger partial charge is 0.214 e. The van der Waals surface area contributed by atoms with Gasteiger partial charge in [0.2, 0.25) is 10.0 Å². The van der Waals surface area contributed by atoms with Crippen molar-refractivity contribution in [3.05, 3.63) is 24.3 Å². The SMILES string of the molecule is O=S(=O)(C[C@H]1CC[C@@H](c2nnc3cnc4[nH]ccc4n23)C1)N1CCOCC1. The van der Waals surface area contributed by atoms with Crippen molar-refractivity contribution < 1.29 is 13.2 Å². The van der Waals surface area contributed by atoms with Crippen LogP contribution in [0, 0.1) is 5.92 Å². The number of fused-ring (bicyclic) bond motifs is 3. The van der Waals surface area contributed by atoms with E-state index in [2.05, 4.69) is 20.2 Å². The lowest BCUT2D eigenvalue weighted by molar-refractivity contribution is 0.0729. The maximum absolute atomic E-state index is 12.7. The molecule has 144 valence electrons. The van der Waals surface area contributed by atoms with Gasteiger partial charge >= 0.3 is 0 Å². The van der Waals surface area contributed by atoms with Gasteiger partial charge in [0.15, 0.2) is 11.3 Å². The highest BCUT2D eigenvalue weighted by atomic mass is 32.2. The van der Waals surface area contributed by atoms with Gasteiger partial charge in [-0.2, -0.15) is 4.31 Å². The van der Waals surface area contributed by atoms with Crippen LogP contribution in [-0.4, -0.2) is 69.3 Å². The number of morpholine rings is 1. The Bertz CT molecular complexity index is 1070. The van der Waals surface area contributed by atoms with Crippen LogP contribution in [-0.2, 0) is 14.8 Å². The number of aromatic nitrogens is 5. The first-order valence-corrected chi connectivity index (χ1v) is 11.0. The van der Waals surface area contributed by atoms with Crippen LogP contribution in [0.25, 0.3) is 16.8 Å². The lowest BCUT2D eigenvalue weighted by Crippen LogP contribution is -2.42. The average Bonchev–Trinajstić information content (AvgIpc) is 3.40. The third-order valence-corrected chi connectivity index (χ3v) is 7.73. The van der Waals surface area contributed by atoms with E-state index >= 15 is 0 Å². The molecule has 4 heterocycles. The number of sulfonamides is 1. The molecule has 0 bridgehead atoms. The topological polar surface area (TPSA) is 105 Å². The highest BCUT2D eigenvalue weighted by Gasteiger charge is 2.34. The summed E-state index contributed by atoms with van der Waals surface area (Å²) in [6.45, 7) is 1.90. The fourth-order valence-electron chi connectivity index (χ4n) is 4.35. The van der Waals surface area contributed by atoms with Crippen molar-refractivity contribution in [2.75, 3.05) is 32.1 Å². The molecule has 2 aliphatic rings. The third kappa shape index (κ3) is 3.01. The lowest BCUT2D eigenvalue weighted by Gasteiger charge is -2.27. The van der Waals surface area contributed by atoms with E-state index in [1.807, 2.05) is 16.7 Å². The average molecular weight is 390 g/mol. The summed E-state index contributed by atoms with van der Waals surface area (Å²) in [5.41, 5.74) is 2.48. The van der Waals surface area contributed by atoms with Crippen molar-refractivity contribution >= 4 is 26.8 Å². The molecule has 1 aliphatic heterocycles. The van der Waals surface area contributed by atoms with Gasteiger partial charge in [-0.15, -0.1) is 10.2 Å². The molecule has 5 rings (SSSR count). The summed E-state index contributed by atoms with van der Waals surface area (Å²) in [5.74, 6) is 1.48. The Balaban J connectivity index is 1.37. The zero-order valence-electron chi connectivity index (χ0n) is 14.9. The van der Waals surface area contributed by atoms with Crippen molar-refractivity contribution in [2.45, 2.75) is 25.2 Å². The van der Waals surface area contributed by atoms with Crippen LogP contribution in [0.4, 0.5) is 0 Å². The number of H-pyrrole nitrogens is 1. The number of rotatable bonds is 4. The molecule has 0 unspecified atom stereocenters. The summed E-state index contributed by atoms with van der Waals surface area (Å²) in [5, 5.41) is 8.67. The summed E-state index contributed by atoms with van der Waals surface area (Å²) >= 11 is 0. The van der Waals surface area contributed by atoms with Gasteiger partial charge in [0.05, 0.1) is 30.7 Å². The van der Waals surface area contributed by atoms with Crippen molar-refractivity contribution in [3.8, 4) is 0 Å². The fraction of sp³-hybridized carbons (Fsp3) is 0.588. The van der Waals surface area contributed by atoms with Gasteiger partial charge in [-0.1, -0.05) is 0 Å². The molecular weight excluding hydrogens is 368 g/mol. The first-order chi connectivity index (χ1) is 13.1. The monoisotopic (exact) mass is 390 g/mol. The lowest BCUT2D eigenvalue weighted by atomic mass is 10.1. The van der Waals surface area contributed by atoms with Crippen LogP contribution >= 0.6 is 0 Å². The van der Waals surface area contributed by atoms with E-state index in [1.54, 1.807) is 10.5 Å². The predicted octanol–water partition coefficient (Wildman–Crippen LogP) is 1.15. The number of hydrogen-bond donors (Lipinski definition) is 1. The van der Waals surface area contributed by atoms with E-state index in [1.165, 1.54) is 0 Å². The Morgan fingerprint density at radius 3 is 2.93 bits per heavy atom. The molecule has 27 heavy (non-hydrogen) atoms. The molecule has 0 aromatic carbocycles. The molecule has 2 atom stereocenters. The predicted molar refractivity (Wildman–Crippen MR) is 98.9 cm³/mol. The molecule has 0 radical (unpaired) electrons. The highest BCUT2D eigenvalue weighted by molar-refractivity contribution is 7.89. The van der Waals surface area contributed by atoms with Crippen LogP contribution in [0.15, 0.2) is 18.5 Å². The van der Waals surface area contributed by atoms with Gasteiger partial charge in [0.25, 0.3) is 0 Å². The maximum atomic E-state index is 12.7. The van der Waals surface area contributed by atoms with Crippen molar-refractivity contribution in [3.63, 3.8) is 0 Å². The number of nitrogens with zero attached hydrogens (tertiary/aromatic N) is 5. The van der Waals surface area contributed by atoms with Gasteiger partial charge in [-0.05, 0) is 31.2 Å². The number of hydrogen-bond acceptors (Lipinski definition) is 6. The molecule has 1 saturated carbocycles. The van der Waals surface area contributed by atoms with Crippen LogP contribution in [0.1, 0.15) is 31.0 Å². The van der Waals surface area contributed by atoms with Crippen LogP contribution in [0.2, 0.25) is 0 Å². The quantitative estimate of drug-likeness (QED) is 0.716. The molecule has 3 aromatic heterocycles. The summed E-state index contributed by atoms with van der Waals surface area (Å²) in [7, 11) is -3.23. The first-order valence-electron chi connectivity index (χ1n) is 9.34. The molecule has 1 saturated heterocycles. The fourth-order valence-corrected chi connectivity index (χ4v) is 6.17. The maximum Gasteiger partial charge on any atom is 0.214 e. The van der Waals surface area contributed by atoms with Crippen LogP contribution in [0.5, 0.6) is 0 Å². The number of ether oxygens (including phenoxy) is 1. The minimum atomic E-state index is -3.23. The van der Waals surface area contributed by atoms with Gasteiger partial charge in [-0.25, -0.2) is 13.4 Å². The molecular formula is C17H22N6O3S. The van der Waals surface area contributed by atoms with Gasteiger partial charge < -0.3 is 9.72 Å². The van der Waals surface area contributed by atoms with Crippen molar-refractivity contribution in [1.82, 2.24) is 28.9 Å². The minimum Gasteiger partial charge on any atom is -0.379 e. The molecule has 2 fully saturated rings. The zero-order valence-corrected chi connectivity index (χ0v) is 15.7. The molecule has 0 spiro atoms. The third-order valence-electron chi connectivity index (χ3n) is 5.68. The summed E-state index contributed by atoms with van der Waals surface area (Å²) < 4.78 is 34.3. The van der Waals surface area contributed by atoms with Crippen molar-refractivity contribution in [1.29, 1.82) is 0 Å². The standard InChI is InChI=1S/C17H22N6O3S/c24-27(25,22-5-7-26-8-6-22)11-12-1-2-13(9-12)17-21-20-15-10-19-16-14(23(15)17)3-4-18-16/h3-4,10,12-13,18H,1-2,5-9,11H2/t12-,13+/m0/s1. The highest BCUT2D eigenvalue weighted by Crippen LogP contribution is 2.39. The molecule has 0 amide bonds. The number of nitrogens with one attached hydrogen (secondary N) is 1. The number of aromatic amines is 1. The second-order valence-electron chi connectivity index (χ2n) is 7.39. The van der Waals surface area contributed by atoms with Crippen LogP contribution < -0.4 is 0 Å². The molecule has 1 N–H and O–H groups in total. The Morgan fingerprint density at radius 1 is 1.22 bits per heavy atom. The second kappa shape index (κ2) is 6.54. The Kier molecular flexibility index (Phi) is 4.14. The zero-order chi connectivity index (χ0) is 18.4.